The predicted octanol–water partition coefficient (Wildman–Crippen LogP) is 3.97. The number of carbonyl (C=O) groups is 1. The number of hydrazine groups is 1. The Kier molecular flexibility index (Phi) is 6.05. The number of alkyl halides is 1. The number of rotatable bonds is 5. The summed E-state index contributed by atoms with van der Waals surface area (Å²) in [5.41, 5.74) is 6.44. The molecule has 1 N–H and O–H groups in total. The number of amides is 1. The molecule has 192 valence electrons. The van der Waals surface area contributed by atoms with Crippen LogP contribution in [0.25, 0.3) is 0 Å². The van der Waals surface area contributed by atoms with Crippen molar-refractivity contribution in [2.45, 2.75) is 63.8 Å². The third kappa shape index (κ3) is 3.92. The van der Waals surface area contributed by atoms with Crippen molar-refractivity contribution in [3.05, 3.63) is 51.7 Å². The summed E-state index contributed by atoms with van der Waals surface area (Å²) in [6.45, 7) is 4.81. The second-order valence-corrected chi connectivity index (χ2v) is 10.7. The van der Waals surface area contributed by atoms with E-state index in [2.05, 4.69) is 15.3 Å². The summed E-state index contributed by atoms with van der Waals surface area (Å²) in [6.07, 6.45) is 3.45. The minimum Gasteiger partial charge on any atom is -0.489 e. The first-order valence-corrected chi connectivity index (χ1v) is 13.0. The van der Waals surface area contributed by atoms with Crippen molar-refractivity contribution in [3.8, 4) is 5.75 Å². The fourth-order valence-electron chi connectivity index (χ4n) is 6.42. The van der Waals surface area contributed by atoms with Crippen LogP contribution >= 0.6 is 11.6 Å². The average Bonchev–Trinajstić information content (AvgIpc) is 3.48. The Morgan fingerprint density at radius 2 is 2.00 bits per heavy atom. The van der Waals surface area contributed by atoms with E-state index in [9.17, 15) is 13.6 Å². The van der Waals surface area contributed by atoms with Crippen LogP contribution in [-0.2, 0) is 0 Å². The molecule has 2 bridgehead atoms. The Balaban J connectivity index is 1.21. The standard InChI is InChI=1S/C26H30ClF2N5O2/c1-14-24(27)15(2)34-25(30-14)21-12-32(13-22(21)31-34)26(35)20-6-3-16(29)9-23(20)36-19-10-17-4-5-18(11-19)33(17)8-7-28/h3,6,9,17-19,22,31H,4-5,7-8,10-13H2,1-2H3. The molecule has 0 aromatic heterocycles. The molecule has 1 aromatic carbocycles. The van der Waals surface area contributed by atoms with Gasteiger partial charge >= 0.3 is 0 Å². The molecule has 0 saturated carbocycles. The highest BCUT2D eigenvalue weighted by atomic mass is 35.5. The van der Waals surface area contributed by atoms with Gasteiger partial charge in [0.25, 0.3) is 5.91 Å². The van der Waals surface area contributed by atoms with Crippen LogP contribution in [0.5, 0.6) is 5.75 Å². The fourth-order valence-corrected chi connectivity index (χ4v) is 6.55. The molecule has 7 nitrogen and oxygen atoms in total. The summed E-state index contributed by atoms with van der Waals surface area (Å²) in [5.74, 6) is 0.442. The lowest BCUT2D eigenvalue weighted by atomic mass is 9.99. The number of allylic oxidation sites excluding steroid dienone is 2. The largest absolute Gasteiger partial charge is 0.489 e. The lowest BCUT2D eigenvalue weighted by molar-refractivity contribution is 0.0447. The van der Waals surface area contributed by atoms with Crippen molar-refractivity contribution in [2.24, 2.45) is 4.99 Å². The number of hydrogen-bond acceptors (Lipinski definition) is 6. The van der Waals surface area contributed by atoms with Crippen LogP contribution in [0.4, 0.5) is 8.78 Å². The molecule has 5 heterocycles. The first kappa shape index (κ1) is 23.9. The summed E-state index contributed by atoms with van der Waals surface area (Å²) in [6, 6.07) is 4.63. The summed E-state index contributed by atoms with van der Waals surface area (Å²) >= 11 is 6.37. The Morgan fingerprint density at radius 3 is 2.72 bits per heavy atom. The van der Waals surface area contributed by atoms with Gasteiger partial charge in [-0.3, -0.25) is 14.7 Å². The Bertz CT molecular complexity index is 1190. The highest BCUT2D eigenvalue weighted by Crippen LogP contribution is 2.39. The molecule has 1 amide bonds. The summed E-state index contributed by atoms with van der Waals surface area (Å²) in [7, 11) is 0. The number of ether oxygens (including phenoxy) is 1. The zero-order valence-corrected chi connectivity index (χ0v) is 21.2. The summed E-state index contributed by atoms with van der Waals surface area (Å²) in [5, 5.41) is 2.52. The highest BCUT2D eigenvalue weighted by molar-refractivity contribution is 6.43. The van der Waals surface area contributed by atoms with Gasteiger partial charge in [-0.05, 0) is 51.7 Å². The second kappa shape index (κ2) is 9.11. The fraction of sp³-hybridized carbons (Fsp3) is 0.538. The maximum atomic E-state index is 14.2. The maximum Gasteiger partial charge on any atom is 0.257 e. The molecule has 6 rings (SSSR count). The minimum absolute atomic E-state index is 0.0571. The van der Waals surface area contributed by atoms with Crippen molar-refractivity contribution in [1.29, 1.82) is 0 Å². The SMILES string of the molecule is CC1=NC2=C3CN(C(=O)c4ccc(F)cc4OC4CC5CCC(C4)N5CCF)CC3NN2C(C)=C1Cl. The van der Waals surface area contributed by atoms with E-state index >= 15 is 0 Å². The number of carbonyl (C=O) groups excluding carboxylic acids is 1. The zero-order valence-electron chi connectivity index (χ0n) is 20.4. The number of benzene rings is 1. The molecule has 3 fully saturated rings. The van der Waals surface area contributed by atoms with Crippen LogP contribution in [0, 0.1) is 5.82 Å². The molecular formula is C26H30ClF2N5O2. The van der Waals surface area contributed by atoms with Crippen LogP contribution in [0.15, 0.2) is 45.3 Å². The van der Waals surface area contributed by atoms with Crippen LogP contribution in [0.3, 0.4) is 0 Å². The number of fused-ring (bicyclic) bond motifs is 4. The minimum atomic E-state index is -0.439. The number of likely N-dealkylation sites (tertiary alicyclic amines) is 1. The summed E-state index contributed by atoms with van der Waals surface area (Å²) < 4.78 is 33.5. The summed E-state index contributed by atoms with van der Waals surface area (Å²) in [4.78, 5) is 22.3. The second-order valence-electron chi connectivity index (χ2n) is 10.3. The lowest BCUT2D eigenvalue weighted by Crippen LogP contribution is -2.47. The number of halogens is 3. The number of hydrogen-bond donors (Lipinski definition) is 1. The van der Waals surface area contributed by atoms with E-state index in [1.165, 1.54) is 18.2 Å². The molecule has 1 aromatic rings. The molecule has 5 aliphatic rings. The molecule has 0 aliphatic carbocycles. The number of aliphatic imine (C=N–C) groups is 1. The maximum absolute atomic E-state index is 14.2. The Labute approximate surface area is 214 Å². The van der Waals surface area contributed by atoms with E-state index in [0.717, 1.165) is 48.5 Å². The zero-order chi connectivity index (χ0) is 25.1. The van der Waals surface area contributed by atoms with Crippen molar-refractivity contribution >= 4 is 23.2 Å². The molecule has 0 spiro atoms. The van der Waals surface area contributed by atoms with E-state index in [1.54, 1.807) is 4.90 Å². The van der Waals surface area contributed by atoms with E-state index in [4.69, 9.17) is 16.3 Å². The third-order valence-corrected chi connectivity index (χ3v) is 8.70. The van der Waals surface area contributed by atoms with Gasteiger partial charge in [0.05, 0.1) is 28.0 Å². The van der Waals surface area contributed by atoms with Crippen LogP contribution in [-0.4, -0.2) is 77.0 Å². The van der Waals surface area contributed by atoms with Crippen LogP contribution in [0.1, 0.15) is 49.9 Å². The molecule has 3 atom stereocenters. The van der Waals surface area contributed by atoms with Crippen molar-refractivity contribution in [1.82, 2.24) is 20.2 Å². The normalized spacial score (nSPS) is 29.6. The highest BCUT2D eigenvalue weighted by Gasteiger charge is 2.44. The van der Waals surface area contributed by atoms with Gasteiger partial charge in [0.1, 0.15) is 30.2 Å². The Hall–Kier alpha value is -2.49. The van der Waals surface area contributed by atoms with E-state index in [1.807, 2.05) is 18.9 Å². The van der Waals surface area contributed by atoms with Gasteiger partial charge < -0.3 is 9.64 Å². The monoisotopic (exact) mass is 517 g/mol. The lowest BCUT2D eigenvalue weighted by Gasteiger charge is -2.38. The predicted molar refractivity (Wildman–Crippen MR) is 133 cm³/mol. The molecule has 5 aliphatic heterocycles. The van der Waals surface area contributed by atoms with Gasteiger partial charge in [0.15, 0.2) is 0 Å². The van der Waals surface area contributed by atoms with E-state index in [0.29, 0.717) is 30.2 Å². The first-order chi connectivity index (χ1) is 17.3. The van der Waals surface area contributed by atoms with Gasteiger partial charge in [-0.2, -0.15) is 0 Å². The molecular weight excluding hydrogens is 488 g/mol. The van der Waals surface area contributed by atoms with Crippen LogP contribution in [0.2, 0.25) is 0 Å². The van der Waals surface area contributed by atoms with Crippen LogP contribution < -0.4 is 10.2 Å². The van der Waals surface area contributed by atoms with Gasteiger partial charge in [-0.25, -0.2) is 19.2 Å². The molecule has 3 saturated heterocycles. The van der Waals surface area contributed by atoms with E-state index in [-0.39, 0.29) is 42.6 Å². The van der Waals surface area contributed by atoms with Gasteiger partial charge in [-0.15, -0.1) is 0 Å². The van der Waals surface area contributed by atoms with Crippen molar-refractivity contribution in [2.75, 3.05) is 26.3 Å². The number of piperidine rings is 1. The van der Waals surface area contributed by atoms with Gasteiger partial charge in [0, 0.05) is 43.4 Å². The molecule has 0 radical (unpaired) electrons. The number of nitrogens with one attached hydrogen (secondary N) is 1. The van der Waals surface area contributed by atoms with Gasteiger partial charge in [-0.1, -0.05) is 11.6 Å². The molecule has 36 heavy (non-hydrogen) atoms. The average molecular weight is 518 g/mol. The van der Waals surface area contributed by atoms with Crippen molar-refractivity contribution in [3.63, 3.8) is 0 Å². The first-order valence-electron chi connectivity index (χ1n) is 12.6. The quantitative estimate of drug-likeness (QED) is 0.640. The molecule has 10 heteroatoms. The van der Waals surface area contributed by atoms with Crippen molar-refractivity contribution < 1.29 is 18.3 Å². The smallest absolute Gasteiger partial charge is 0.257 e. The number of nitrogens with zero attached hydrogens (tertiary/aromatic N) is 4. The van der Waals surface area contributed by atoms with Gasteiger partial charge in [0.2, 0.25) is 0 Å². The molecule has 3 unspecified atom stereocenters. The topological polar surface area (TPSA) is 60.4 Å². The van der Waals surface area contributed by atoms with E-state index < -0.39 is 5.82 Å². The third-order valence-electron chi connectivity index (χ3n) is 8.15. The Morgan fingerprint density at radius 1 is 1.25 bits per heavy atom.